The summed E-state index contributed by atoms with van der Waals surface area (Å²) in [4.78, 5) is 36.7. The smallest absolute Gasteiger partial charge is 0.326 e. The lowest BCUT2D eigenvalue weighted by atomic mass is 9.97. The van der Waals surface area contributed by atoms with E-state index in [1.807, 2.05) is 0 Å². The summed E-state index contributed by atoms with van der Waals surface area (Å²) in [6, 6.07) is 14.0. The van der Waals surface area contributed by atoms with Crippen molar-refractivity contribution in [1.82, 2.24) is 5.32 Å². The molecule has 0 aromatic heterocycles. The van der Waals surface area contributed by atoms with E-state index in [9.17, 15) is 19.5 Å². The van der Waals surface area contributed by atoms with Crippen LogP contribution in [0.4, 0.5) is 0 Å². The molecule has 0 bridgehead atoms. The fourth-order valence-electron chi connectivity index (χ4n) is 2.61. The lowest BCUT2D eigenvalue weighted by molar-refractivity contribution is -0.139. The topological polar surface area (TPSA) is 109 Å². The molecule has 2 rings (SSSR count). The van der Waals surface area contributed by atoms with E-state index >= 15 is 0 Å². The molecule has 26 heavy (non-hydrogen) atoms. The molecule has 0 saturated carbocycles. The number of benzene rings is 2. The Morgan fingerprint density at radius 3 is 2.15 bits per heavy atom. The summed E-state index contributed by atoms with van der Waals surface area (Å²) >= 11 is 0. The number of rotatable bonds is 9. The van der Waals surface area contributed by atoms with E-state index in [1.54, 1.807) is 48.5 Å². The number of nitrogens with one attached hydrogen (secondary N) is 1. The van der Waals surface area contributed by atoms with E-state index in [-0.39, 0.29) is 23.3 Å². The molecule has 0 spiro atoms. The van der Waals surface area contributed by atoms with E-state index in [1.165, 1.54) is 6.07 Å². The summed E-state index contributed by atoms with van der Waals surface area (Å²) in [5.74, 6) is -1.97. The van der Waals surface area contributed by atoms with Gasteiger partial charge in [-0.1, -0.05) is 48.5 Å². The maximum atomic E-state index is 12.7. The Bertz CT molecular complexity index is 774. The number of hydrogen-bond acceptors (Lipinski definition) is 4. The number of hydrogen-bond donors (Lipinski definition) is 3. The summed E-state index contributed by atoms with van der Waals surface area (Å²) in [5.41, 5.74) is 6.28. The van der Waals surface area contributed by atoms with Crippen molar-refractivity contribution >= 4 is 17.7 Å². The predicted octanol–water partition coefficient (Wildman–Crippen LogP) is 2.23. The van der Waals surface area contributed by atoms with Crippen LogP contribution in [0.1, 0.15) is 45.5 Å². The van der Waals surface area contributed by atoms with Crippen LogP contribution in [0, 0.1) is 0 Å². The molecule has 6 nitrogen and oxygen atoms in total. The molecule has 0 aliphatic rings. The van der Waals surface area contributed by atoms with E-state index in [0.29, 0.717) is 24.9 Å². The second kappa shape index (κ2) is 9.48. The van der Waals surface area contributed by atoms with E-state index in [2.05, 4.69) is 5.32 Å². The quantitative estimate of drug-likeness (QED) is 0.472. The van der Waals surface area contributed by atoms with Crippen LogP contribution >= 0.6 is 0 Å². The highest BCUT2D eigenvalue weighted by Gasteiger charge is 2.23. The second-order valence-corrected chi connectivity index (χ2v) is 5.89. The average molecular weight is 354 g/mol. The number of amides is 1. The minimum atomic E-state index is -1.11. The van der Waals surface area contributed by atoms with Crippen molar-refractivity contribution in [1.29, 1.82) is 0 Å². The van der Waals surface area contributed by atoms with Crippen LogP contribution in [0.2, 0.25) is 0 Å². The number of aliphatic carboxylic acids is 1. The fraction of sp³-hybridized carbons (Fsp3) is 0.250. The first kappa shape index (κ1) is 19.3. The first-order valence-electron chi connectivity index (χ1n) is 8.47. The van der Waals surface area contributed by atoms with Crippen LogP contribution in [0.5, 0.6) is 0 Å². The molecule has 0 unspecified atom stereocenters. The fourth-order valence-corrected chi connectivity index (χ4v) is 2.61. The van der Waals surface area contributed by atoms with Gasteiger partial charge in [0.2, 0.25) is 0 Å². The maximum absolute atomic E-state index is 12.7. The van der Waals surface area contributed by atoms with Crippen molar-refractivity contribution in [2.45, 2.75) is 25.3 Å². The molecule has 0 heterocycles. The van der Waals surface area contributed by atoms with Gasteiger partial charge in [-0.25, -0.2) is 4.79 Å². The zero-order valence-electron chi connectivity index (χ0n) is 14.4. The lowest BCUT2D eigenvalue weighted by Crippen LogP contribution is -2.41. The standard InChI is InChI=1S/C20H22N2O4/c21-13-7-6-12-17(20(25)26)22-19(24)16-11-5-4-10-15(16)18(23)14-8-2-1-3-9-14/h1-5,8-11,17H,6-7,12-13,21H2,(H,22,24)(H,25,26)/t17-/m0/s1. The zero-order valence-corrected chi connectivity index (χ0v) is 14.4. The Labute approximate surface area is 152 Å². The lowest BCUT2D eigenvalue weighted by Gasteiger charge is -2.16. The number of unbranched alkanes of at least 4 members (excludes halogenated alkanes) is 1. The third kappa shape index (κ3) is 5.00. The van der Waals surface area contributed by atoms with E-state index in [0.717, 1.165) is 0 Å². The highest BCUT2D eigenvalue weighted by molar-refractivity contribution is 6.15. The van der Waals surface area contributed by atoms with Gasteiger partial charge in [-0.3, -0.25) is 9.59 Å². The molecule has 136 valence electrons. The predicted molar refractivity (Wildman–Crippen MR) is 98.1 cm³/mol. The van der Waals surface area contributed by atoms with Crippen LogP contribution < -0.4 is 11.1 Å². The molecule has 0 saturated heterocycles. The Morgan fingerprint density at radius 2 is 1.54 bits per heavy atom. The van der Waals surface area contributed by atoms with Gasteiger partial charge in [0.15, 0.2) is 5.78 Å². The van der Waals surface area contributed by atoms with Crippen molar-refractivity contribution in [3.8, 4) is 0 Å². The number of carboxylic acids is 1. The Kier molecular flexibility index (Phi) is 7.05. The monoisotopic (exact) mass is 354 g/mol. The van der Waals surface area contributed by atoms with Crippen LogP contribution in [0.3, 0.4) is 0 Å². The number of carbonyl (C=O) groups excluding carboxylic acids is 2. The molecular formula is C20H22N2O4. The second-order valence-electron chi connectivity index (χ2n) is 5.89. The number of carbonyl (C=O) groups is 3. The molecule has 0 fully saturated rings. The largest absolute Gasteiger partial charge is 0.480 e. The van der Waals surface area contributed by atoms with Crippen molar-refractivity contribution in [3.63, 3.8) is 0 Å². The summed E-state index contributed by atoms with van der Waals surface area (Å²) in [7, 11) is 0. The molecule has 2 aromatic carbocycles. The van der Waals surface area contributed by atoms with Gasteiger partial charge >= 0.3 is 5.97 Å². The Balaban J connectivity index is 2.21. The van der Waals surface area contributed by atoms with Crippen molar-refractivity contribution in [2.75, 3.05) is 6.54 Å². The van der Waals surface area contributed by atoms with Crippen LogP contribution in [0.15, 0.2) is 54.6 Å². The van der Waals surface area contributed by atoms with Gasteiger partial charge in [-0.05, 0) is 31.9 Å². The summed E-state index contributed by atoms with van der Waals surface area (Å²) in [6.45, 7) is 0.467. The third-order valence-corrected chi connectivity index (χ3v) is 4.00. The van der Waals surface area contributed by atoms with Crippen LogP contribution in [-0.4, -0.2) is 35.4 Å². The molecule has 2 aromatic rings. The molecule has 6 heteroatoms. The minimum Gasteiger partial charge on any atom is -0.480 e. The van der Waals surface area contributed by atoms with E-state index < -0.39 is 17.9 Å². The van der Waals surface area contributed by atoms with Crippen molar-refractivity contribution < 1.29 is 19.5 Å². The van der Waals surface area contributed by atoms with Gasteiger partial charge in [0.1, 0.15) is 6.04 Å². The first-order valence-corrected chi connectivity index (χ1v) is 8.47. The SMILES string of the molecule is NCCCC[C@H](NC(=O)c1ccccc1C(=O)c1ccccc1)C(=O)O. The number of ketones is 1. The van der Waals surface area contributed by atoms with Crippen LogP contribution in [0.25, 0.3) is 0 Å². The van der Waals surface area contributed by atoms with E-state index in [4.69, 9.17) is 5.73 Å². The van der Waals surface area contributed by atoms with Gasteiger partial charge in [-0.15, -0.1) is 0 Å². The molecule has 0 aliphatic heterocycles. The van der Waals surface area contributed by atoms with Crippen molar-refractivity contribution in [3.05, 3.63) is 71.3 Å². The summed E-state index contributed by atoms with van der Waals surface area (Å²) in [5, 5.41) is 11.8. The average Bonchev–Trinajstić information content (AvgIpc) is 2.67. The highest BCUT2D eigenvalue weighted by Crippen LogP contribution is 2.15. The molecule has 1 atom stereocenters. The molecule has 0 aliphatic carbocycles. The molecular weight excluding hydrogens is 332 g/mol. The zero-order chi connectivity index (χ0) is 18.9. The first-order chi connectivity index (χ1) is 12.5. The number of carboxylic acid groups (broad SMARTS) is 1. The van der Waals surface area contributed by atoms with Gasteiger partial charge in [0.05, 0.1) is 5.56 Å². The van der Waals surface area contributed by atoms with Crippen LogP contribution in [-0.2, 0) is 4.79 Å². The van der Waals surface area contributed by atoms with Gasteiger partial charge in [-0.2, -0.15) is 0 Å². The Morgan fingerprint density at radius 1 is 0.923 bits per heavy atom. The number of nitrogens with two attached hydrogens (primary N) is 1. The van der Waals surface area contributed by atoms with Gasteiger partial charge < -0.3 is 16.2 Å². The van der Waals surface area contributed by atoms with Crippen molar-refractivity contribution in [2.24, 2.45) is 5.73 Å². The normalized spacial score (nSPS) is 11.6. The Hall–Kier alpha value is -2.99. The van der Waals surface area contributed by atoms with Gasteiger partial charge in [0.25, 0.3) is 5.91 Å². The summed E-state index contributed by atoms with van der Waals surface area (Å²) < 4.78 is 0. The third-order valence-electron chi connectivity index (χ3n) is 4.00. The van der Waals surface area contributed by atoms with Gasteiger partial charge in [0, 0.05) is 11.1 Å². The molecule has 4 N–H and O–H groups in total. The highest BCUT2D eigenvalue weighted by atomic mass is 16.4. The minimum absolute atomic E-state index is 0.159. The maximum Gasteiger partial charge on any atom is 0.326 e. The summed E-state index contributed by atoms with van der Waals surface area (Å²) in [6.07, 6.45) is 1.56. The molecule has 1 amide bonds. The molecule has 0 radical (unpaired) electrons.